The molecule has 0 saturated heterocycles. The van der Waals surface area contributed by atoms with Crippen molar-refractivity contribution < 1.29 is 14.0 Å². The molecular formula is C7H20O3P2. The van der Waals surface area contributed by atoms with Gasteiger partial charge in [-0.1, -0.05) is 13.8 Å². The summed E-state index contributed by atoms with van der Waals surface area (Å²) in [5.74, 6) is 0. The first-order chi connectivity index (χ1) is 5.12. The molecule has 0 aromatic carbocycles. The third-order valence-electron chi connectivity index (χ3n) is 1.35. The fourth-order valence-electron chi connectivity index (χ4n) is 0. The van der Waals surface area contributed by atoms with Crippen LogP contribution in [0.1, 0.15) is 13.8 Å². The molecule has 0 spiro atoms. The van der Waals surface area contributed by atoms with Crippen molar-refractivity contribution in [1.82, 2.24) is 0 Å². The van der Waals surface area contributed by atoms with Gasteiger partial charge in [0.2, 0.25) is 0 Å². The van der Waals surface area contributed by atoms with E-state index in [1.807, 2.05) is 6.92 Å². The van der Waals surface area contributed by atoms with E-state index in [1.54, 1.807) is 20.3 Å². The van der Waals surface area contributed by atoms with Crippen molar-refractivity contribution in [1.29, 1.82) is 0 Å². The van der Waals surface area contributed by atoms with Crippen molar-refractivity contribution in [2.75, 3.05) is 32.3 Å². The molecule has 0 aliphatic carbocycles. The Kier molecular flexibility index (Phi) is 7.41. The Labute approximate surface area is 75.4 Å². The van der Waals surface area contributed by atoms with E-state index in [1.165, 1.54) is 6.66 Å². The first-order valence-corrected chi connectivity index (χ1v) is 9.03. The zero-order chi connectivity index (χ0) is 10.4. The van der Waals surface area contributed by atoms with Gasteiger partial charge in [-0.05, 0) is 19.5 Å². The minimum Gasteiger partial charge on any atom is -0.344 e. The van der Waals surface area contributed by atoms with Crippen LogP contribution in [-0.2, 0) is 9.13 Å². The molecule has 1 N–H and O–H groups in total. The van der Waals surface area contributed by atoms with Crippen LogP contribution >= 0.6 is 14.5 Å². The van der Waals surface area contributed by atoms with Gasteiger partial charge in [0.25, 0.3) is 0 Å². The van der Waals surface area contributed by atoms with Crippen LogP contribution in [0.4, 0.5) is 0 Å². The standard InChI is InChI=1S/C4H11OP.C3H9O2P/c1-4-6(2,3)5;1-3-6(2,4)5/h4H2,1-3H3;3H2,1-2H3,(H,4,5). The van der Waals surface area contributed by atoms with E-state index in [-0.39, 0.29) is 0 Å². The molecule has 1 atom stereocenters. The molecule has 3 nitrogen and oxygen atoms in total. The van der Waals surface area contributed by atoms with Crippen molar-refractivity contribution >= 4 is 14.5 Å². The second-order valence-corrected chi connectivity index (χ2v) is 9.77. The topological polar surface area (TPSA) is 54.4 Å². The average Bonchev–Trinajstić information content (AvgIpc) is 1.86. The highest BCUT2D eigenvalue weighted by Crippen LogP contribution is 2.34. The van der Waals surface area contributed by atoms with Crippen molar-refractivity contribution in [3.8, 4) is 0 Å². The summed E-state index contributed by atoms with van der Waals surface area (Å²) < 4.78 is 20.7. The van der Waals surface area contributed by atoms with Gasteiger partial charge in [0, 0.05) is 12.8 Å². The predicted molar refractivity (Wildman–Crippen MR) is 56.3 cm³/mol. The van der Waals surface area contributed by atoms with Crippen LogP contribution in [0.3, 0.4) is 0 Å². The summed E-state index contributed by atoms with van der Waals surface area (Å²) in [6.45, 7) is 8.59. The average molecular weight is 214 g/mol. The van der Waals surface area contributed by atoms with Gasteiger partial charge in [0.1, 0.15) is 0 Å². The van der Waals surface area contributed by atoms with Crippen molar-refractivity contribution in [3.63, 3.8) is 0 Å². The number of hydrogen-bond acceptors (Lipinski definition) is 2. The zero-order valence-corrected chi connectivity index (χ0v) is 10.4. The quantitative estimate of drug-likeness (QED) is 0.718. The summed E-state index contributed by atoms with van der Waals surface area (Å²) in [5, 5.41) is 0. The maximum absolute atomic E-state index is 10.6. The maximum atomic E-state index is 10.6. The Balaban J connectivity index is 0. The molecule has 0 aliphatic heterocycles. The molecule has 0 bridgehead atoms. The van der Waals surface area contributed by atoms with Crippen molar-refractivity contribution in [2.45, 2.75) is 13.8 Å². The molecule has 0 heterocycles. The van der Waals surface area contributed by atoms with Gasteiger partial charge < -0.3 is 9.46 Å². The summed E-state index contributed by atoms with van der Waals surface area (Å²) in [6, 6.07) is 0. The molecule has 0 fully saturated rings. The highest BCUT2D eigenvalue weighted by molar-refractivity contribution is 7.62. The molecule has 12 heavy (non-hydrogen) atoms. The maximum Gasteiger partial charge on any atom is 0.197 e. The number of hydrogen-bond donors (Lipinski definition) is 1. The van der Waals surface area contributed by atoms with Gasteiger partial charge >= 0.3 is 0 Å². The van der Waals surface area contributed by atoms with Crippen LogP contribution in [0, 0.1) is 0 Å². The van der Waals surface area contributed by atoms with E-state index in [0.29, 0.717) is 6.16 Å². The molecule has 0 saturated carbocycles. The van der Waals surface area contributed by atoms with E-state index in [0.717, 1.165) is 6.16 Å². The molecule has 0 radical (unpaired) electrons. The predicted octanol–water partition coefficient (Wildman–Crippen LogP) is 2.54. The van der Waals surface area contributed by atoms with E-state index < -0.39 is 14.5 Å². The van der Waals surface area contributed by atoms with Crippen LogP contribution in [0.15, 0.2) is 0 Å². The Bertz CT molecular complexity index is 167. The molecule has 1 unspecified atom stereocenters. The third kappa shape index (κ3) is 22.4. The lowest BCUT2D eigenvalue weighted by Crippen LogP contribution is -1.75. The Morgan fingerprint density at radius 3 is 1.17 bits per heavy atom. The molecule has 0 aliphatic rings. The molecule has 5 heteroatoms. The highest BCUT2D eigenvalue weighted by Gasteiger charge is 2.01. The smallest absolute Gasteiger partial charge is 0.197 e. The van der Waals surface area contributed by atoms with Crippen LogP contribution in [-0.4, -0.2) is 37.2 Å². The largest absolute Gasteiger partial charge is 0.344 e. The lowest BCUT2D eigenvalue weighted by Gasteiger charge is -1.95. The van der Waals surface area contributed by atoms with Gasteiger partial charge in [0.05, 0.1) is 7.14 Å². The Morgan fingerprint density at radius 1 is 1.00 bits per heavy atom. The van der Waals surface area contributed by atoms with E-state index in [9.17, 15) is 9.13 Å². The first-order valence-electron chi connectivity index (χ1n) is 3.95. The summed E-state index contributed by atoms with van der Waals surface area (Å²) in [5.41, 5.74) is 0. The second kappa shape index (κ2) is 5.96. The van der Waals surface area contributed by atoms with Crippen LogP contribution in [0.2, 0.25) is 0 Å². The third-order valence-corrected chi connectivity index (χ3v) is 4.04. The highest BCUT2D eigenvalue weighted by atomic mass is 31.2. The van der Waals surface area contributed by atoms with Gasteiger partial charge in [-0.2, -0.15) is 0 Å². The summed E-state index contributed by atoms with van der Waals surface area (Å²) in [4.78, 5) is 8.38. The molecule has 0 amide bonds. The monoisotopic (exact) mass is 214 g/mol. The van der Waals surface area contributed by atoms with Crippen molar-refractivity contribution in [2.24, 2.45) is 0 Å². The molecule has 76 valence electrons. The first kappa shape index (κ1) is 14.9. The SMILES string of the molecule is CCP(C)(=O)O.CCP(C)(C)=O. The van der Waals surface area contributed by atoms with E-state index in [2.05, 4.69) is 0 Å². The lowest BCUT2D eigenvalue weighted by atomic mass is 11.0. The normalized spacial score (nSPS) is 15.8. The lowest BCUT2D eigenvalue weighted by molar-refractivity contribution is 0.486. The van der Waals surface area contributed by atoms with Gasteiger partial charge in [-0.15, -0.1) is 0 Å². The molecule has 0 aromatic rings. The minimum absolute atomic E-state index is 0.382. The Morgan fingerprint density at radius 2 is 1.17 bits per heavy atom. The fourth-order valence-corrected chi connectivity index (χ4v) is 0. The second-order valence-electron chi connectivity index (χ2n) is 3.26. The van der Waals surface area contributed by atoms with Crippen LogP contribution < -0.4 is 0 Å². The van der Waals surface area contributed by atoms with Gasteiger partial charge in [0.15, 0.2) is 7.37 Å². The molecule has 0 rings (SSSR count). The summed E-state index contributed by atoms with van der Waals surface area (Å²) in [6.07, 6.45) is 1.21. The molecule has 0 aromatic heterocycles. The van der Waals surface area contributed by atoms with E-state index in [4.69, 9.17) is 4.89 Å². The summed E-state index contributed by atoms with van der Waals surface area (Å²) >= 11 is 0. The van der Waals surface area contributed by atoms with Crippen molar-refractivity contribution in [3.05, 3.63) is 0 Å². The van der Waals surface area contributed by atoms with Crippen LogP contribution in [0.25, 0.3) is 0 Å². The minimum atomic E-state index is -2.65. The summed E-state index contributed by atoms with van der Waals surface area (Å²) in [7, 11) is -4.29. The van der Waals surface area contributed by atoms with Gasteiger partial charge in [-0.3, -0.25) is 4.57 Å². The zero-order valence-electron chi connectivity index (χ0n) is 8.57. The molecular weight excluding hydrogens is 194 g/mol. The van der Waals surface area contributed by atoms with E-state index >= 15 is 0 Å². The number of rotatable bonds is 2. The fraction of sp³-hybridized carbons (Fsp3) is 1.00. The van der Waals surface area contributed by atoms with Crippen LogP contribution in [0.5, 0.6) is 0 Å². The Hall–Kier alpha value is 0.420. The van der Waals surface area contributed by atoms with Gasteiger partial charge in [-0.25, -0.2) is 0 Å².